The molecular formula is C12H21NO2. The minimum absolute atomic E-state index is 0.100. The largest absolute Gasteiger partial charge is 0.353 e. The first-order valence-electron chi connectivity index (χ1n) is 6.33. The summed E-state index contributed by atoms with van der Waals surface area (Å²) in [4.78, 5) is 0. The first-order valence-corrected chi connectivity index (χ1v) is 6.33. The Morgan fingerprint density at radius 3 is 3.00 bits per heavy atom. The van der Waals surface area contributed by atoms with Crippen LogP contribution in [-0.2, 0) is 9.47 Å². The third-order valence-corrected chi connectivity index (χ3v) is 4.26. The molecule has 15 heavy (non-hydrogen) atoms. The molecule has 0 aromatic carbocycles. The molecule has 1 saturated carbocycles. The van der Waals surface area contributed by atoms with Crippen molar-refractivity contribution in [3.63, 3.8) is 0 Å². The molecule has 0 aromatic heterocycles. The van der Waals surface area contributed by atoms with Crippen molar-refractivity contribution in [1.29, 1.82) is 0 Å². The molecule has 1 N–H and O–H groups in total. The Morgan fingerprint density at radius 1 is 1.40 bits per heavy atom. The van der Waals surface area contributed by atoms with Gasteiger partial charge in [-0.05, 0) is 50.5 Å². The maximum Gasteiger partial charge on any atom is 0.157 e. The Hall–Kier alpha value is -0.120. The predicted octanol–water partition coefficient (Wildman–Crippen LogP) is 1.38. The van der Waals surface area contributed by atoms with Crippen LogP contribution in [0.5, 0.6) is 0 Å². The first kappa shape index (κ1) is 10.1. The molecule has 0 radical (unpaired) electrons. The number of hydrogen-bond acceptors (Lipinski definition) is 3. The zero-order valence-corrected chi connectivity index (χ0v) is 9.45. The molecule has 5 atom stereocenters. The summed E-state index contributed by atoms with van der Waals surface area (Å²) < 4.78 is 11.4. The average molecular weight is 211 g/mol. The van der Waals surface area contributed by atoms with Gasteiger partial charge in [0.05, 0.1) is 6.61 Å². The van der Waals surface area contributed by atoms with E-state index in [2.05, 4.69) is 12.2 Å². The molecule has 1 aliphatic carbocycles. The van der Waals surface area contributed by atoms with Gasteiger partial charge in [-0.15, -0.1) is 0 Å². The van der Waals surface area contributed by atoms with Crippen LogP contribution in [-0.4, -0.2) is 32.1 Å². The summed E-state index contributed by atoms with van der Waals surface area (Å²) in [6.07, 6.45) is 3.66. The Kier molecular flexibility index (Phi) is 2.71. The molecule has 0 spiro atoms. The highest BCUT2D eigenvalue weighted by Crippen LogP contribution is 2.51. The van der Waals surface area contributed by atoms with Crippen LogP contribution in [0, 0.1) is 17.8 Å². The Bertz CT molecular complexity index is 228. The standard InChI is InChI=1S/C12H21NO2/c1-8-12-9(6-13-8)10(12)7-15-11-4-2-3-5-14-11/h8-13H,2-7H2,1H3. The molecule has 3 rings (SSSR count). The lowest BCUT2D eigenvalue weighted by atomic mass is 10.2. The Morgan fingerprint density at radius 2 is 2.33 bits per heavy atom. The summed E-state index contributed by atoms with van der Waals surface area (Å²) in [5, 5.41) is 3.50. The highest BCUT2D eigenvalue weighted by molar-refractivity contribution is 5.07. The molecule has 2 heterocycles. The summed E-state index contributed by atoms with van der Waals surface area (Å²) in [6, 6.07) is 0.705. The monoisotopic (exact) mass is 211 g/mol. The van der Waals surface area contributed by atoms with Crippen molar-refractivity contribution in [2.24, 2.45) is 17.8 Å². The molecule has 2 saturated heterocycles. The third kappa shape index (κ3) is 1.93. The van der Waals surface area contributed by atoms with Gasteiger partial charge in [-0.3, -0.25) is 0 Å². The second kappa shape index (κ2) is 4.04. The van der Waals surface area contributed by atoms with Gasteiger partial charge in [0.1, 0.15) is 0 Å². The second-order valence-electron chi connectivity index (χ2n) is 5.23. The fraction of sp³-hybridized carbons (Fsp3) is 1.00. The lowest BCUT2D eigenvalue weighted by Gasteiger charge is -2.23. The van der Waals surface area contributed by atoms with Crippen LogP contribution in [0.2, 0.25) is 0 Å². The fourth-order valence-corrected chi connectivity index (χ4v) is 3.26. The highest BCUT2D eigenvalue weighted by atomic mass is 16.7. The molecule has 3 nitrogen and oxygen atoms in total. The van der Waals surface area contributed by atoms with E-state index < -0.39 is 0 Å². The van der Waals surface area contributed by atoms with Gasteiger partial charge in [0.2, 0.25) is 0 Å². The van der Waals surface area contributed by atoms with Gasteiger partial charge in [0, 0.05) is 12.6 Å². The molecule has 0 aromatic rings. The number of piperidine rings is 1. The molecule has 3 aliphatic rings. The highest BCUT2D eigenvalue weighted by Gasteiger charge is 2.56. The summed E-state index contributed by atoms with van der Waals surface area (Å²) in [7, 11) is 0. The molecular weight excluding hydrogens is 190 g/mol. The molecule has 3 heteroatoms. The SMILES string of the molecule is CC1NCC2C(COC3CCCCO3)C12. The topological polar surface area (TPSA) is 30.5 Å². The van der Waals surface area contributed by atoms with E-state index in [1.54, 1.807) is 0 Å². The van der Waals surface area contributed by atoms with Gasteiger partial charge in [-0.25, -0.2) is 0 Å². The maximum absolute atomic E-state index is 5.84. The van der Waals surface area contributed by atoms with Crippen molar-refractivity contribution in [3.8, 4) is 0 Å². The van der Waals surface area contributed by atoms with Gasteiger partial charge in [-0.1, -0.05) is 0 Å². The molecule has 0 bridgehead atoms. The summed E-state index contributed by atoms with van der Waals surface area (Å²) in [5.74, 6) is 2.59. The van der Waals surface area contributed by atoms with Gasteiger partial charge in [0.15, 0.2) is 6.29 Å². The van der Waals surface area contributed by atoms with Crippen LogP contribution in [0.15, 0.2) is 0 Å². The van der Waals surface area contributed by atoms with Crippen LogP contribution in [0.1, 0.15) is 26.2 Å². The second-order valence-corrected chi connectivity index (χ2v) is 5.23. The summed E-state index contributed by atoms with van der Waals surface area (Å²) >= 11 is 0. The minimum Gasteiger partial charge on any atom is -0.353 e. The number of nitrogens with one attached hydrogen (secondary N) is 1. The molecule has 5 unspecified atom stereocenters. The molecule has 3 fully saturated rings. The van der Waals surface area contributed by atoms with Crippen LogP contribution < -0.4 is 5.32 Å². The van der Waals surface area contributed by atoms with E-state index in [1.165, 1.54) is 19.4 Å². The van der Waals surface area contributed by atoms with Crippen molar-refractivity contribution in [3.05, 3.63) is 0 Å². The van der Waals surface area contributed by atoms with Crippen molar-refractivity contribution in [2.75, 3.05) is 19.8 Å². The van der Waals surface area contributed by atoms with E-state index in [4.69, 9.17) is 9.47 Å². The Balaban J connectivity index is 1.40. The van der Waals surface area contributed by atoms with Crippen molar-refractivity contribution >= 4 is 0 Å². The Labute approximate surface area is 91.5 Å². The van der Waals surface area contributed by atoms with Crippen LogP contribution in [0.4, 0.5) is 0 Å². The summed E-state index contributed by atoms with van der Waals surface area (Å²) in [6.45, 7) is 5.30. The third-order valence-electron chi connectivity index (χ3n) is 4.26. The van der Waals surface area contributed by atoms with Crippen LogP contribution >= 0.6 is 0 Å². The van der Waals surface area contributed by atoms with Gasteiger partial charge >= 0.3 is 0 Å². The number of fused-ring (bicyclic) bond motifs is 1. The molecule has 0 amide bonds. The van der Waals surface area contributed by atoms with E-state index in [0.717, 1.165) is 37.4 Å². The van der Waals surface area contributed by atoms with Crippen LogP contribution in [0.25, 0.3) is 0 Å². The normalized spacial score (nSPS) is 49.0. The lowest BCUT2D eigenvalue weighted by molar-refractivity contribution is -0.165. The van der Waals surface area contributed by atoms with E-state index in [1.807, 2.05) is 0 Å². The van der Waals surface area contributed by atoms with E-state index in [-0.39, 0.29) is 6.29 Å². The molecule has 2 aliphatic heterocycles. The van der Waals surface area contributed by atoms with Crippen molar-refractivity contribution < 1.29 is 9.47 Å². The number of hydrogen-bond donors (Lipinski definition) is 1. The van der Waals surface area contributed by atoms with Gasteiger partial charge < -0.3 is 14.8 Å². The lowest BCUT2D eigenvalue weighted by Crippen LogP contribution is -2.28. The zero-order chi connectivity index (χ0) is 10.3. The minimum atomic E-state index is 0.100. The predicted molar refractivity (Wildman–Crippen MR) is 57.5 cm³/mol. The van der Waals surface area contributed by atoms with E-state index in [9.17, 15) is 0 Å². The van der Waals surface area contributed by atoms with Gasteiger partial charge in [-0.2, -0.15) is 0 Å². The maximum atomic E-state index is 5.84. The van der Waals surface area contributed by atoms with Crippen molar-refractivity contribution in [1.82, 2.24) is 5.32 Å². The fourth-order valence-electron chi connectivity index (χ4n) is 3.26. The summed E-state index contributed by atoms with van der Waals surface area (Å²) in [5.41, 5.74) is 0. The number of rotatable bonds is 3. The number of ether oxygens (including phenoxy) is 2. The molecule has 86 valence electrons. The average Bonchev–Trinajstić information content (AvgIpc) is 2.85. The van der Waals surface area contributed by atoms with Crippen LogP contribution in [0.3, 0.4) is 0 Å². The van der Waals surface area contributed by atoms with E-state index >= 15 is 0 Å². The zero-order valence-electron chi connectivity index (χ0n) is 9.45. The van der Waals surface area contributed by atoms with E-state index in [0.29, 0.717) is 6.04 Å². The van der Waals surface area contributed by atoms with Crippen molar-refractivity contribution in [2.45, 2.75) is 38.5 Å². The quantitative estimate of drug-likeness (QED) is 0.765. The smallest absolute Gasteiger partial charge is 0.157 e. The van der Waals surface area contributed by atoms with Gasteiger partial charge in [0.25, 0.3) is 0 Å². The first-order chi connectivity index (χ1) is 7.36.